The zero-order valence-corrected chi connectivity index (χ0v) is 10.6. The van der Waals surface area contributed by atoms with Crippen molar-refractivity contribution >= 4 is 0 Å². The zero-order valence-electron chi connectivity index (χ0n) is 10.6. The molecule has 1 aromatic rings. The molecule has 0 saturated heterocycles. The molecule has 0 heterocycles. The number of hydrogen-bond acceptors (Lipinski definition) is 3. The lowest BCUT2D eigenvalue weighted by Gasteiger charge is -2.26. The summed E-state index contributed by atoms with van der Waals surface area (Å²) < 4.78 is 0. The normalized spacial score (nSPS) is 13.4. The second-order valence-corrected chi connectivity index (χ2v) is 4.52. The van der Waals surface area contributed by atoms with Crippen LogP contribution in [0.25, 0.3) is 0 Å². The van der Waals surface area contributed by atoms with E-state index in [1.54, 1.807) is 6.07 Å². The molecule has 0 amide bonds. The van der Waals surface area contributed by atoms with Crippen molar-refractivity contribution in [3.8, 4) is 5.75 Å². The van der Waals surface area contributed by atoms with Crippen LogP contribution in [0.3, 0.4) is 0 Å². The van der Waals surface area contributed by atoms with E-state index < -0.39 is 0 Å². The summed E-state index contributed by atoms with van der Waals surface area (Å²) in [7, 11) is 6.22. The molecule has 0 aromatic heterocycles. The van der Waals surface area contributed by atoms with Crippen molar-refractivity contribution in [2.45, 2.75) is 13.0 Å². The summed E-state index contributed by atoms with van der Waals surface area (Å²) in [5, 5.41) is 9.77. The Hall–Kier alpha value is -1.06. The smallest absolute Gasteiger partial charge is 0.120 e. The molecule has 1 N–H and O–H groups in total. The largest absolute Gasteiger partial charge is 0.508 e. The van der Waals surface area contributed by atoms with Crippen LogP contribution in [0.1, 0.15) is 18.5 Å². The second-order valence-electron chi connectivity index (χ2n) is 4.52. The number of nitrogens with zero attached hydrogens (tertiary/aromatic N) is 2. The Labute approximate surface area is 98.3 Å². The molecule has 0 aliphatic rings. The highest BCUT2D eigenvalue weighted by atomic mass is 16.3. The van der Waals surface area contributed by atoms with Gasteiger partial charge in [-0.15, -0.1) is 0 Å². The van der Waals surface area contributed by atoms with Crippen LogP contribution in [0.2, 0.25) is 0 Å². The maximum atomic E-state index is 9.77. The minimum Gasteiger partial charge on any atom is -0.508 e. The Morgan fingerprint density at radius 2 is 1.75 bits per heavy atom. The molecule has 1 atom stereocenters. The predicted octanol–water partition coefficient (Wildman–Crippen LogP) is 1.95. The van der Waals surface area contributed by atoms with Crippen molar-refractivity contribution in [3.63, 3.8) is 0 Å². The third kappa shape index (κ3) is 3.51. The SMILES string of the molecule is CC(c1ccccc1O)N(C)CCN(C)C. The van der Waals surface area contributed by atoms with Gasteiger partial charge >= 0.3 is 0 Å². The molecule has 0 aliphatic carbocycles. The van der Waals surface area contributed by atoms with Gasteiger partial charge in [-0.25, -0.2) is 0 Å². The molecule has 3 heteroatoms. The van der Waals surface area contributed by atoms with Crippen LogP contribution in [0, 0.1) is 0 Å². The third-order valence-electron chi connectivity index (χ3n) is 2.95. The predicted molar refractivity (Wildman–Crippen MR) is 67.7 cm³/mol. The molecule has 1 rings (SSSR count). The lowest BCUT2D eigenvalue weighted by Crippen LogP contribution is -2.30. The van der Waals surface area contributed by atoms with E-state index in [-0.39, 0.29) is 6.04 Å². The Bertz CT molecular complexity index is 325. The fraction of sp³-hybridized carbons (Fsp3) is 0.538. The molecule has 0 radical (unpaired) electrons. The fourth-order valence-corrected chi connectivity index (χ4v) is 1.63. The number of aromatic hydroxyl groups is 1. The van der Waals surface area contributed by atoms with E-state index in [9.17, 15) is 5.11 Å². The van der Waals surface area contributed by atoms with E-state index in [1.807, 2.05) is 18.2 Å². The first kappa shape index (κ1) is 13.0. The van der Waals surface area contributed by atoms with E-state index in [1.165, 1.54) is 0 Å². The monoisotopic (exact) mass is 222 g/mol. The van der Waals surface area contributed by atoms with E-state index >= 15 is 0 Å². The fourth-order valence-electron chi connectivity index (χ4n) is 1.63. The van der Waals surface area contributed by atoms with Crippen molar-refractivity contribution in [2.75, 3.05) is 34.2 Å². The first-order valence-corrected chi connectivity index (χ1v) is 5.65. The van der Waals surface area contributed by atoms with Crippen molar-refractivity contribution in [1.82, 2.24) is 9.80 Å². The number of rotatable bonds is 5. The quantitative estimate of drug-likeness (QED) is 0.825. The summed E-state index contributed by atoms with van der Waals surface area (Å²) in [6, 6.07) is 7.77. The molecule has 0 aliphatic heterocycles. The molecule has 0 fully saturated rings. The first-order valence-electron chi connectivity index (χ1n) is 5.65. The standard InChI is InChI=1S/C13H22N2O/c1-11(15(4)10-9-14(2)3)12-7-5-6-8-13(12)16/h5-8,11,16H,9-10H2,1-4H3. The minimum absolute atomic E-state index is 0.237. The number of hydrogen-bond donors (Lipinski definition) is 1. The van der Waals surface area contributed by atoms with E-state index in [0.717, 1.165) is 18.7 Å². The second kappa shape index (κ2) is 5.87. The van der Waals surface area contributed by atoms with E-state index in [0.29, 0.717) is 5.75 Å². The summed E-state index contributed by atoms with van der Waals surface area (Å²) in [6.45, 7) is 4.13. The summed E-state index contributed by atoms with van der Waals surface area (Å²) in [4.78, 5) is 4.41. The van der Waals surface area contributed by atoms with E-state index in [4.69, 9.17) is 0 Å². The average molecular weight is 222 g/mol. The number of likely N-dealkylation sites (N-methyl/N-ethyl adjacent to an activating group) is 2. The van der Waals surface area contributed by atoms with Gasteiger partial charge in [0.15, 0.2) is 0 Å². The highest BCUT2D eigenvalue weighted by molar-refractivity contribution is 5.34. The molecular weight excluding hydrogens is 200 g/mol. The summed E-state index contributed by atoms with van der Waals surface area (Å²) in [6.07, 6.45) is 0. The Kier molecular flexibility index (Phi) is 4.77. The Morgan fingerprint density at radius 1 is 1.12 bits per heavy atom. The van der Waals surface area contributed by atoms with Crippen molar-refractivity contribution in [2.24, 2.45) is 0 Å². The van der Waals surface area contributed by atoms with Crippen molar-refractivity contribution < 1.29 is 5.11 Å². The van der Waals surface area contributed by atoms with Gasteiger partial charge in [-0.1, -0.05) is 18.2 Å². The maximum Gasteiger partial charge on any atom is 0.120 e. The van der Waals surface area contributed by atoms with Gasteiger partial charge in [0, 0.05) is 24.7 Å². The van der Waals surface area contributed by atoms with Crippen LogP contribution in [0.5, 0.6) is 5.75 Å². The van der Waals surface area contributed by atoms with Gasteiger partial charge in [0.1, 0.15) is 5.75 Å². The van der Waals surface area contributed by atoms with Gasteiger partial charge in [-0.2, -0.15) is 0 Å². The molecule has 90 valence electrons. The van der Waals surface area contributed by atoms with Crippen LogP contribution in [0.15, 0.2) is 24.3 Å². The van der Waals surface area contributed by atoms with Crippen LogP contribution in [-0.4, -0.2) is 49.1 Å². The van der Waals surface area contributed by atoms with E-state index in [2.05, 4.69) is 37.9 Å². The molecular formula is C13H22N2O. The van der Waals surface area contributed by atoms with Gasteiger partial charge < -0.3 is 10.0 Å². The minimum atomic E-state index is 0.237. The summed E-state index contributed by atoms with van der Waals surface area (Å²) in [5.41, 5.74) is 0.990. The molecule has 3 nitrogen and oxygen atoms in total. The van der Waals surface area contributed by atoms with Crippen LogP contribution < -0.4 is 0 Å². The topological polar surface area (TPSA) is 26.7 Å². The molecule has 1 aromatic carbocycles. The van der Waals surface area contributed by atoms with Crippen molar-refractivity contribution in [3.05, 3.63) is 29.8 Å². The highest BCUT2D eigenvalue weighted by Crippen LogP contribution is 2.26. The van der Waals surface area contributed by atoms with Gasteiger partial charge in [0.05, 0.1) is 0 Å². The Balaban J connectivity index is 2.63. The molecule has 0 saturated carbocycles. The van der Waals surface area contributed by atoms with Gasteiger partial charge in [0.25, 0.3) is 0 Å². The molecule has 0 spiro atoms. The lowest BCUT2D eigenvalue weighted by atomic mass is 10.1. The number of phenolic OH excluding ortho intramolecular Hbond substituents is 1. The van der Waals surface area contributed by atoms with Crippen LogP contribution >= 0.6 is 0 Å². The highest BCUT2D eigenvalue weighted by Gasteiger charge is 2.14. The maximum absolute atomic E-state index is 9.77. The third-order valence-corrected chi connectivity index (χ3v) is 2.95. The van der Waals surface area contributed by atoms with Crippen molar-refractivity contribution in [1.29, 1.82) is 0 Å². The molecule has 0 bridgehead atoms. The van der Waals surface area contributed by atoms with Gasteiger partial charge in [-0.05, 0) is 34.1 Å². The molecule has 16 heavy (non-hydrogen) atoms. The van der Waals surface area contributed by atoms with Gasteiger partial charge in [0.2, 0.25) is 0 Å². The molecule has 1 unspecified atom stereocenters. The number of para-hydroxylation sites is 1. The zero-order chi connectivity index (χ0) is 12.1. The average Bonchev–Trinajstić information content (AvgIpc) is 2.25. The number of phenols is 1. The van der Waals surface area contributed by atoms with Crippen LogP contribution in [-0.2, 0) is 0 Å². The van der Waals surface area contributed by atoms with Crippen LogP contribution in [0.4, 0.5) is 0 Å². The summed E-state index contributed by atoms with van der Waals surface area (Å²) >= 11 is 0. The summed E-state index contributed by atoms with van der Waals surface area (Å²) in [5.74, 6) is 0.381. The Morgan fingerprint density at radius 3 is 2.31 bits per heavy atom. The lowest BCUT2D eigenvalue weighted by molar-refractivity contribution is 0.228. The first-order chi connectivity index (χ1) is 7.52. The van der Waals surface area contributed by atoms with Gasteiger partial charge in [-0.3, -0.25) is 4.90 Å². The number of benzene rings is 1.